The molecule has 0 aliphatic carbocycles. The van der Waals surface area contributed by atoms with Gasteiger partial charge < -0.3 is 0 Å². The lowest BCUT2D eigenvalue weighted by molar-refractivity contribution is 0.517. The van der Waals surface area contributed by atoms with Crippen LogP contribution in [-0.4, -0.2) is 13.3 Å². The van der Waals surface area contributed by atoms with Crippen LogP contribution in [0.25, 0.3) is 0 Å². The molecule has 1 aliphatic rings. The summed E-state index contributed by atoms with van der Waals surface area (Å²) in [6.45, 7) is 1.39. The number of hydrogen-bond acceptors (Lipinski definition) is 4. The Morgan fingerprint density at radius 1 is 1.50 bits per heavy atom. The molecule has 4 nitrogen and oxygen atoms in total. The SMILES string of the molecule is C1N=NNCN1. The van der Waals surface area contributed by atoms with Crippen LogP contribution >= 0.6 is 0 Å². The number of rotatable bonds is 0. The Morgan fingerprint density at radius 2 is 2.50 bits per heavy atom. The van der Waals surface area contributed by atoms with E-state index >= 15 is 0 Å². The maximum Gasteiger partial charge on any atom is 0.113 e. The highest BCUT2D eigenvalue weighted by atomic mass is 15.5. The van der Waals surface area contributed by atoms with Crippen molar-refractivity contribution in [3.8, 4) is 0 Å². The van der Waals surface area contributed by atoms with Crippen LogP contribution in [-0.2, 0) is 0 Å². The second-order valence-corrected chi connectivity index (χ2v) is 0.984. The van der Waals surface area contributed by atoms with Gasteiger partial charge in [0.25, 0.3) is 0 Å². The molecule has 0 aromatic heterocycles. The molecular weight excluding hydrogens is 80.0 g/mol. The molecule has 0 radical (unpaired) electrons. The highest BCUT2D eigenvalue weighted by molar-refractivity contribution is 4.40. The predicted octanol–water partition coefficient (Wildman–Crippen LogP) is -0.539. The third kappa shape index (κ3) is 0.651. The Balaban J connectivity index is 2.26. The van der Waals surface area contributed by atoms with Gasteiger partial charge in [-0.15, -0.1) is 0 Å². The molecule has 0 aromatic rings. The van der Waals surface area contributed by atoms with Crippen molar-refractivity contribution >= 4 is 0 Å². The summed E-state index contributed by atoms with van der Waals surface area (Å²) in [5.41, 5.74) is 2.63. The fraction of sp³-hybridized carbons (Fsp3) is 1.00. The highest BCUT2D eigenvalue weighted by Crippen LogP contribution is 1.70. The summed E-state index contributed by atoms with van der Waals surface area (Å²) < 4.78 is 0. The molecular formula is C2H6N4. The van der Waals surface area contributed by atoms with Crippen molar-refractivity contribution in [3.05, 3.63) is 0 Å². The van der Waals surface area contributed by atoms with Gasteiger partial charge in [0.1, 0.15) is 6.67 Å². The van der Waals surface area contributed by atoms with Gasteiger partial charge in [-0.2, -0.15) is 5.11 Å². The molecule has 0 amide bonds. The topological polar surface area (TPSA) is 48.8 Å². The largest absolute Gasteiger partial charge is 0.278 e. The van der Waals surface area contributed by atoms with E-state index in [-0.39, 0.29) is 0 Å². The zero-order chi connectivity index (χ0) is 4.24. The summed E-state index contributed by atoms with van der Waals surface area (Å²) in [6, 6.07) is 0. The maximum atomic E-state index is 3.58. The van der Waals surface area contributed by atoms with Crippen LogP contribution in [0, 0.1) is 0 Å². The van der Waals surface area contributed by atoms with Gasteiger partial charge in [-0.3, -0.25) is 10.7 Å². The summed E-state index contributed by atoms with van der Waals surface area (Å²) >= 11 is 0. The Bertz CT molecular complexity index is 50.6. The molecule has 0 bridgehead atoms. The average molecular weight is 86.1 g/mol. The van der Waals surface area contributed by atoms with Gasteiger partial charge in [-0.1, -0.05) is 5.22 Å². The molecule has 2 N–H and O–H groups in total. The van der Waals surface area contributed by atoms with E-state index in [1.165, 1.54) is 0 Å². The Kier molecular flexibility index (Phi) is 1.01. The first-order valence-electron chi connectivity index (χ1n) is 1.80. The van der Waals surface area contributed by atoms with E-state index in [0.29, 0.717) is 6.67 Å². The standard InChI is InChI=1S/C2H6N4/c1-3-2-5-6-4-1/h3H,1-2H2,(H,4,5). The molecule has 34 valence electrons. The van der Waals surface area contributed by atoms with E-state index in [0.717, 1.165) is 6.67 Å². The van der Waals surface area contributed by atoms with E-state index in [4.69, 9.17) is 0 Å². The molecule has 6 heavy (non-hydrogen) atoms. The fourth-order valence-electron chi connectivity index (χ4n) is 0.283. The van der Waals surface area contributed by atoms with Gasteiger partial charge >= 0.3 is 0 Å². The van der Waals surface area contributed by atoms with Gasteiger partial charge in [0.05, 0.1) is 6.67 Å². The van der Waals surface area contributed by atoms with Crippen molar-refractivity contribution in [1.82, 2.24) is 10.7 Å². The highest BCUT2D eigenvalue weighted by Gasteiger charge is 1.83. The molecule has 0 unspecified atom stereocenters. The Hall–Kier alpha value is -0.640. The minimum absolute atomic E-state index is 0.646. The summed E-state index contributed by atoms with van der Waals surface area (Å²) in [6.07, 6.45) is 0. The monoisotopic (exact) mass is 86.1 g/mol. The summed E-state index contributed by atoms with van der Waals surface area (Å²) in [7, 11) is 0. The molecule has 4 heteroatoms. The second-order valence-electron chi connectivity index (χ2n) is 0.984. The van der Waals surface area contributed by atoms with Crippen LogP contribution in [0.2, 0.25) is 0 Å². The van der Waals surface area contributed by atoms with Crippen molar-refractivity contribution in [2.75, 3.05) is 13.3 Å². The van der Waals surface area contributed by atoms with Crippen molar-refractivity contribution in [2.24, 2.45) is 10.3 Å². The molecule has 0 fully saturated rings. The molecule has 1 aliphatic heterocycles. The number of nitrogens with zero attached hydrogens (tertiary/aromatic N) is 2. The van der Waals surface area contributed by atoms with Crippen molar-refractivity contribution in [2.45, 2.75) is 0 Å². The lowest BCUT2D eigenvalue weighted by Crippen LogP contribution is -2.28. The molecule has 1 rings (SSSR count). The second kappa shape index (κ2) is 1.71. The van der Waals surface area contributed by atoms with Gasteiger partial charge in [0.15, 0.2) is 0 Å². The van der Waals surface area contributed by atoms with E-state index in [1.807, 2.05) is 0 Å². The Labute approximate surface area is 35.6 Å². The molecule has 0 saturated carbocycles. The van der Waals surface area contributed by atoms with E-state index < -0.39 is 0 Å². The first-order chi connectivity index (χ1) is 3.00. The van der Waals surface area contributed by atoms with Crippen LogP contribution in [0.4, 0.5) is 0 Å². The quantitative estimate of drug-likeness (QED) is 0.416. The molecule has 1 heterocycles. The minimum atomic E-state index is 0.646. The van der Waals surface area contributed by atoms with E-state index in [2.05, 4.69) is 21.1 Å². The summed E-state index contributed by atoms with van der Waals surface area (Å²) in [4.78, 5) is 0. The molecule has 0 saturated heterocycles. The van der Waals surface area contributed by atoms with Crippen molar-refractivity contribution in [1.29, 1.82) is 0 Å². The van der Waals surface area contributed by atoms with Gasteiger partial charge in [0.2, 0.25) is 0 Å². The molecule has 0 atom stereocenters. The maximum absolute atomic E-state index is 3.58. The van der Waals surface area contributed by atoms with Crippen LogP contribution < -0.4 is 10.7 Å². The number of nitrogens with one attached hydrogen (secondary N) is 2. The zero-order valence-corrected chi connectivity index (χ0v) is 3.31. The summed E-state index contributed by atoms with van der Waals surface area (Å²) in [5, 5.41) is 9.98. The van der Waals surface area contributed by atoms with E-state index in [1.54, 1.807) is 0 Å². The lowest BCUT2D eigenvalue weighted by atomic mass is 11.0. The molecule has 0 spiro atoms. The number of hydrogen-bond donors (Lipinski definition) is 2. The first-order valence-corrected chi connectivity index (χ1v) is 1.80. The lowest BCUT2D eigenvalue weighted by Gasteiger charge is -2.02. The van der Waals surface area contributed by atoms with Crippen molar-refractivity contribution in [3.63, 3.8) is 0 Å². The molecule has 0 aromatic carbocycles. The smallest absolute Gasteiger partial charge is 0.113 e. The van der Waals surface area contributed by atoms with Crippen LogP contribution in [0.1, 0.15) is 0 Å². The third-order valence-electron chi connectivity index (χ3n) is 0.528. The predicted molar refractivity (Wildman–Crippen MR) is 20.9 cm³/mol. The Morgan fingerprint density at radius 3 is 2.67 bits per heavy atom. The van der Waals surface area contributed by atoms with E-state index in [9.17, 15) is 0 Å². The first kappa shape index (κ1) is 3.55. The third-order valence-corrected chi connectivity index (χ3v) is 0.528. The van der Waals surface area contributed by atoms with Gasteiger partial charge in [-0.05, 0) is 0 Å². The fourth-order valence-corrected chi connectivity index (χ4v) is 0.283. The van der Waals surface area contributed by atoms with Crippen LogP contribution in [0.3, 0.4) is 0 Å². The van der Waals surface area contributed by atoms with Crippen LogP contribution in [0.15, 0.2) is 10.3 Å². The van der Waals surface area contributed by atoms with Gasteiger partial charge in [0, 0.05) is 0 Å². The van der Waals surface area contributed by atoms with Crippen LogP contribution in [0.5, 0.6) is 0 Å². The minimum Gasteiger partial charge on any atom is -0.278 e. The normalized spacial score (nSPS) is 20.0. The zero-order valence-electron chi connectivity index (χ0n) is 3.31. The van der Waals surface area contributed by atoms with Crippen molar-refractivity contribution < 1.29 is 0 Å². The van der Waals surface area contributed by atoms with Gasteiger partial charge in [-0.25, -0.2) is 0 Å². The average Bonchev–Trinajstić information content (AvgIpc) is 1.72. The summed E-state index contributed by atoms with van der Waals surface area (Å²) in [5.74, 6) is 0.